The lowest BCUT2D eigenvalue weighted by Gasteiger charge is -2.34. The molecule has 0 aliphatic carbocycles. The van der Waals surface area contributed by atoms with Gasteiger partial charge in [-0.3, -0.25) is 0 Å². The van der Waals surface area contributed by atoms with Crippen molar-refractivity contribution in [3.05, 3.63) is 35.4 Å². The lowest BCUT2D eigenvalue weighted by atomic mass is 10.00. The van der Waals surface area contributed by atoms with Gasteiger partial charge in [0.05, 0.1) is 0 Å². The minimum absolute atomic E-state index is 0.307. The molecule has 1 aliphatic rings. The third-order valence-electron chi connectivity index (χ3n) is 3.78. The number of nitrogens with two attached hydrogens (primary N) is 1. The summed E-state index contributed by atoms with van der Waals surface area (Å²) in [6.45, 7) is 2.47. The van der Waals surface area contributed by atoms with Gasteiger partial charge in [0.25, 0.3) is 0 Å². The second kappa shape index (κ2) is 6.41. The first-order chi connectivity index (χ1) is 11.8. The number of rotatable bonds is 3. The zero-order valence-corrected chi connectivity index (χ0v) is 14.9. The summed E-state index contributed by atoms with van der Waals surface area (Å²) in [4.78, 5) is 7.81. The molecular formula is C14H17F4N5O2S. The van der Waals surface area contributed by atoms with Crippen molar-refractivity contribution in [1.29, 1.82) is 0 Å². The van der Waals surface area contributed by atoms with Crippen LogP contribution >= 0.6 is 0 Å². The van der Waals surface area contributed by atoms with Crippen molar-refractivity contribution >= 4 is 21.8 Å². The van der Waals surface area contributed by atoms with Gasteiger partial charge in [-0.2, -0.15) is 13.2 Å². The van der Waals surface area contributed by atoms with Crippen LogP contribution in [0.25, 0.3) is 0 Å². The number of pyridine rings is 1. The summed E-state index contributed by atoms with van der Waals surface area (Å²) in [7, 11) is -2.70. The van der Waals surface area contributed by atoms with Crippen LogP contribution in [0.4, 0.5) is 23.4 Å². The first-order valence-electron chi connectivity index (χ1n) is 7.29. The number of nitrogens with zero attached hydrogens (tertiary/aromatic N) is 3. The van der Waals surface area contributed by atoms with Crippen LogP contribution in [0.5, 0.6) is 0 Å². The predicted octanol–water partition coefficient (Wildman–Crippen LogP) is 1.90. The van der Waals surface area contributed by atoms with Crippen molar-refractivity contribution in [3.8, 4) is 0 Å². The molecule has 0 aromatic carbocycles. The van der Waals surface area contributed by atoms with Crippen LogP contribution in [0.15, 0.2) is 28.9 Å². The molecule has 144 valence electrons. The average Bonchev–Trinajstić information content (AvgIpc) is 2.50. The van der Waals surface area contributed by atoms with Gasteiger partial charge >= 0.3 is 6.18 Å². The van der Waals surface area contributed by atoms with Crippen molar-refractivity contribution < 1.29 is 26.0 Å². The number of aromatic nitrogens is 1. The lowest BCUT2D eigenvalue weighted by Crippen LogP contribution is -2.50. The third kappa shape index (κ3) is 3.74. The quantitative estimate of drug-likeness (QED) is 0.762. The second-order valence-electron chi connectivity index (χ2n) is 5.82. The van der Waals surface area contributed by atoms with E-state index in [4.69, 9.17) is 5.73 Å². The summed E-state index contributed by atoms with van der Waals surface area (Å²) in [5.41, 5.74) is 2.38. The highest BCUT2D eigenvalue weighted by atomic mass is 32.2. The van der Waals surface area contributed by atoms with E-state index in [0.29, 0.717) is 0 Å². The molecule has 1 aliphatic heterocycles. The summed E-state index contributed by atoms with van der Waals surface area (Å²) in [5.74, 6) is -2.23. The zero-order valence-electron chi connectivity index (χ0n) is 14.1. The molecule has 3 N–H and O–H groups in total. The molecule has 0 amide bonds. The summed E-state index contributed by atoms with van der Waals surface area (Å²) in [5, 5.41) is 2.05. The molecule has 0 fully saturated rings. The van der Waals surface area contributed by atoms with Gasteiger partial charge in [-0.1, -0.05) is 6.08 Å². The van der Waals surface area contributed by atoms with Gasteiger partial charge in [-0.05, 0) is 26.0 Å². The van der Waals surface area contributed by atoms with Crippen LogP contribution in [-0.4, -0.2) is 42.6 Å². The molecule has 26 heavy (non-hydrogen) atoms. The number of alkyl halides is 3. The number of anilines is 1. The number of halogens is 4. The van der Waals surface area contributed by atoms with Crippen molar-refractivity contribution in [1.82, 2.24) is 9.29 Å². The number of allylic oxidation sites excluding steroid dienone is 2. The number of guanidine groups is 1. The van der Waals surface area contributed by atoms with Crippen LogP contribution < -0.4 is 11.1 Å². The molecule has 0 bridgehead atoms. The predicted molar refractivity (Wildman–Crippen MR) is 88.2 cm³/mol. The minimum atomic E-state index is -4.66. The lowest BCUT2D eigenvalue weighted by molar-refractivity contribution is -0.0904. The topological polar surface area (TPSA) is 101 Å². The molecule has 0 unspecified atom stereocenters. The number of hydrogen-bond acceptors (Lipinski definition) is 6. The maximum atomic E-state index is 14.3. The van der Waals surface area contributed by atoms with Crippen LogP contribution in [0.2, 0.25) is 0 Å². The Bertz CT molecular complexity index is 882. The molecule has 0 radical (unpaired) electrons. The van der Waals surface area contributed by atoms with Gasteiger partial charge < -0.3 is 11.1 Å². The standard InChI is InChI=1S/C14H17F4N5O2S/c1-4-9(14(16,17)18)20-10-6-5-8(15)11(21-10)13(2)7-26(24,25)23(3)12(19)22-13/h4-6H,7H2,1-3H3,(H2,19,22)(H,20,21)/b9-4+/t13-/m0/s1. The maximum absolute atomic E-state index is 14.3. The largest absolute Gasteiger partial charge is 0.430 e. The van der Waals surface area contributed by atoms with Crippen molar-refractivity contribution in [2.75, 3.05) is 18.1 Å². The molecule has 7 nitrogen and oxygen atoms in total. The van der Waals surface area contributed by atoms with Gasteiger partial charge in [-0.15, -0.1) is 0 Å². The first kappa shape index (κ1) is 19.9. The van der Waals surface area contributed by atoms with Crippen LogP contribution in [-0.2, 0) is 15.6 Å². The Morgan fingerprint density at radius 1 is 1.42 bits per heavy atom. The van der Waals surface area contributed by atoms with E-state index in [2.05, 4.69) is 15.3 Å². The molecule has 1 atom stereocenters. The van der Waals surface area contributed by atoms with E-state index in [0.717, 1.165) is 22.5 Å². The monoisotopic (exact) mass is 395 g/mol. The average molecular weight is 395 g/mol. The van der Waals surface area contributed by atoms with Gasteiger partial charge in [0.1, 0.15) is 34.3 Å². The third-order valence-corrected chi connectivity index (χ3v) is 5.73. The van der Waals surface area contributed by atoms with Crippen molar-refractivity contribution in [2.24, 2.45) is 10.7 Å². The summed E-state index contributed by atoms with van der Waals surface area (Å²) in [6.07, 6.45) is -3.86. The Kier molecular flexibility index (Phi) is 4.92. The van der Waals surface area contributed by atoms with E-state index in [-0.39, 0.29) is 11.8 Å². The van der Waals surface area contributed by atoms with Crippen molar-refractivity contribution in [2.45, 2.75) is 25.6 Å². The molecule has 2 heterocycles. The number of hydrogen-bond donors (Lipinski definition) is 2. The second-order valence-corrected chi connectivity index (χ2v) is 7.82. The minimum Gasteiger partial charge on any atom is -0.369 e. The highest BCUT2D eigenvalue weighted by Gasteiger charge is 2.43. The van der Waals surface area contributed by atoms with Gasteiger partial charge in [0.15, 0.2) is 0 Å². The van der Waals surface area contributed by atoms with Crippen LogP contribution in [0.3, 0.4) is 0 Å². The van der Waals surface area contributed by atoms with Crippen LogP contribution in [0.1, 0.15) is 19.5 Å². The van der Waals surface area contributed by atoms with E-state index < -0.39 is 44.7 Å². The smallest absolute Gasteiger partial charge is 0.369 e. The molecule has 0 saturated carbocycles. The highest BCUT2D eigenvalue weighted by Crippen LogP contribution is 2.33. The Hall–Kier alpha value is -2.37. The molecule has 0 spiro atoms. The molecule has 0 saturated heterocycles. The Labute approximate surface area is 147 Å². The van der Waals surface area contributed by atoms with E-state index in [1.54, 1.807) is 0 Å². The first-order valence-corrected chi connectivity index (χ1v) is 8.90. The molecule has 2 rings (SSSR count). The summed E-state index contributed by atoms with van der Waals surface area (Å²) < 4.78 is 77.9. The van der Waals surface area contributed by atoms with Crippen LogP contribution in [0, 0.1) is 5.82 Å². The normalized spacial score (nSPS) is 23.6. The Balaban J connectivity index is 2.51. The zero-order chi connectivity index (χ0) is 19.9. The number of sulfonamides is 1. The van der Waals surface area contributed by atoms with Gasteiger partial charge in [0, 0.05) is 7.05 Å². The highest BCUT2D eigenvalue weighted by molar-refractivity contribution is 7.89. The fourth-order valence-corrected chi connectivity index (χ4v) is 3.84. The molecular weight excluding hydrogens is 378 g/mol. The number of aliphatic imine (C=N–C) groups is 1. The Morgan fingerprint density at radius 2 is 2.04 bits per heavy atom. The van der Waals surface area contributed by atoms with E-state index in [9.17, 15) is 26.0 Å². The van der Waals surface area contributed by atoms with Crippen molar-refractivity contribution in [3.63, 3.8) is 0 Å². The van der Waals surface area contributed by atoms with E-state index >= 15 is 0 Å². The SMILES string of the molecule is C/C=C(/Nc1ccc(F)c([C@]2(C)CS(=O)(=O)N(C)C(N)=N2)n1)C(F)(F)F. The van der Waals surface area contributed by atoms with Gasteiger partial charge in [0.2, 0.25) is 16.0 Å². The fraction of sp³-hybridized carbons (Fsp3) is 0.429. The molecule has 1 aromatic rings. The Morgan fingerprint density at radius 3 is 2.54 bits per heavy atom. The maximum Gasteiger partial charge on any atom is 0.430 e. The summed E-state index contributed by atoms with van der Waals surface area (Å²) >= 11 is 0. The fourth-order valence-electron chi connectivity index (χ4n) is 2.41. The van der Waals surface area contributed by atoms with Gasteiger partial charge in [-0.25, -0.2) is 27.1 Å². The van der Waals surface area contributed by atoms with E-state index in [1.807, 2.05) is 0 Å². The van der Waals surface area contributed by atoms with E-state index in [1.165, 1.54) is 20.9 Å². The summed E-state index contributed by atoms with van der Waals surface area (Å²) in [6, 6.07) is 1.89. The molecule has 1 aromatic heterocycles. The number of nitrogens with one attached hydrogen (secondary N) is 1. The molecule has 12 heteroatoms.